The molecule has 2 aromatic heterocycles. The Bertz CT molecular complexity index is 1270. The Balaban J connectivity index is 0.00000186. The van der Waals surface area contributed by atoms with Crippen molar-refractivity contribution in [3.63, 3.8) is 0 Å². The largest absolute Gasteiger partial charge is 0.380 e. The molecule has 1 aliphatic rings. The third-order valence-corrected chi connectivity index (χ3v) is 6.32. The van der Waals surface area contributed by atoms with E-state index in [0.717, 1.165) is 27.9 Å². The summed E-state index contributed by atoms with van der Waals surface area (Å²) in [5.74, 6) is -0.612. The van der Waals surface area contributed by atoms with Gasteiger partial charge in [0, 0.05) is 36.8 Å². The molecule has 0 saturated carbocycles. The highest BCUT2D eigenvalue weighted by molar-refractivity contribution is 5.86. The van der Waals surface area contributed by atoms with Gasteiger partial charge in [-0.3, -0.25) is 9.59 Å². The SMILES string of the molecule is C=O.CCOCCOCCNC(=O)C(CC)c1cc2n(c(=O)c1COC)Cc1cc3ccccc3nc1-2. The fourth-order valence-electron chi connectivity index (χ4n) is 4.61. The number of nitrogens with zero attached hydrogens (tertiary/aromatic N) is 2. The maximum absolute atomic E-state index is 13.6. The van der Waals surface area contributed by atoms with Gasteiger partial charge in [0.2, 0.25) is 5.91 Å². The molecule has 9 heteroatoms. The summed E-state index contributed by atoms with van der Waals surface area (Å²) in [5, 5.41) is 3.99. The third-order valence-electron chi connectivity index (χ3n) is 6.32. The van der Waals surface area contributed by atoms with Gasteiger partial charge in [0.1, 0.15) is 6.79 Å². The lowest BCUT2D eigenvalue weighted by Gasteiger charge is -2.20. The lowest BCUT2D eigenvalue weighted by atomic mass is 9.91. The molecule has 1 N–H and O–H groups in total. The summed E-state index contributed by atoms with van der Waals surface area (Å²) in [4.78, 5) is 39.6. The molecule has 37 heavy (non-hydrogen) atoms. The molecule has 3 heterocycles. The van der Waals surface area contributed by atoms with Gasteiger partial charge in [0.05, 0.1) is 55.8 Å². The number of para-hydroxylation sites is 1. The minimum atomic E-state index is -0.480. The number of methoxy groups -OCH3 is 1. The number of nitrogens with one attached hydrogen (secondary N) is 1. The van der Waals surface area contributed by atoms with Gasteiger partial charge >= 0.3 is 0 Å². The van der Waals surface area contributed by atoms with E-state index in [1.165, 1.54) is 0 Å². The molecule has 1 amide bonds. The van der Waals surface area contributed by atoms with Crippen LogP contribution in [0.1, 0.15) is 42.9 Å². The summed E-state index contributed by atoms with van der Waals surface area (Å²) in [6, 6.07) is 12.0. The number of amides is 1. The van der Waals surface area contributed by atoms with Gasteiger partial charge in [0.25, 0.3) is 5.56 Å². The zero-order chi connectivity index (χ0) is 26.8. The molecule has 4 rings (SSSR count). The van der Waals surface area contributed by atoms with E-state index in [9.17, 15) is 9.59 Å². The summed E-state index contributed by atoms with van der Waals surface area (Å²) in [7, 11) is 1.56. The number of carbonyl (C=O) groups is 2. The van der Waals surface area contributed by atoms with E-state index in [-0.39, 0.29) is 18.1 Å². The standard InChI is InChI=1S/C27H33N3O5.CH2O/c1-4-20(26(31)28-10-11-35-13-12-34-5-2)21-15-24-25-19(14-18-8-6-7-9-23(18)29-25)16-30(24)27(32)22(21)17-33-3;1-2/h6-9,14-15,20H,4-5,10-13,16-17H2,1-3H3,(H,28,31);1H2. The number of fused-ring (bicyclic) bond motifs is 4. The first-order chi connectivity index (χ1) is 18.1. The third kappa shape index (κ3) is 6.30. The van der Waals surface area contributed by atoms with Gasteiger partial charge in [-0.25, -0.2) is 4.98 Å². The smallest absolute Gasteiger partial charge is 0.257 e. The van der Waals surface area contributed by atoms with Crippen molar-refractivity contribution in [3.8, 4) is 11.4 Å². The Hall–Kier alpha value is -3.40. The minimum absolute atomic E-state index is 0.132. The number of pyridine rings is 2. The highest BCUT2D eigenvalue weighted by atomic mass is 16.5. The van der Waals surface area contributed by atoms with Crippen LogP contribution < -0.4 is 10.9 Å². The van der Waals surface area contributed by atoms with Crippen LogP contribution in [0, 0.1) is 0 Å². The molecule has 9 nitrogen and oxygen atoms in total. The second-order valence-electron chi connectivity index (χ2n) is 8.54. The van der Waals surface area contributed by atoms with Crippen molar-refractivity contribution in [2.24, 2.45) is 0 Å². The van der Waals surface area contributed by atoms with Crippen LogP contribution in [0.25, 0.3) is 22.3 Å². The van der Waals surface area contributed by atoms with E-state index in [1.807, 2.05) is 51.0 Å². The van der Waals surface area contributed by atoms with Gasteiger partial charge in [-0.1, -0.05) is 25.1 Å². The van der Waals surface area contributed by atoms with Crippen LogP contribution in [0.4, 0.5) is 0 Å². The van der Waals surface area contributed by atoms with Gasteiger partial charge in [-0.05, 0) is 37.1 Å². The Morgan fingerprint density at radius 2 is 1.89 bits per heavy atom. The lowest BCUT2D eigenvalue weighted by molar-refractivity contribution is -0.122. The predicted molar refractivity (Wildman–Crippen MR) is 142 cm³/mol. The number of hydrogen-bond acceptors (Lipinski definition) is 7. The van der Waals surface area contributed by atoms with Crippen molar-refractivity contribution in [2.45, 2.75) is 39.3 Å². The quantitative estimate of drug-likeness (QED) is 0.292. The number of carbonyl (C=O) groups excluding carboxylic acids is 2. The fraction of sp³-hybridized carbons (Fsp3) is 0.429. The molecule has 1 aromatic carbocycles. The molecule has 198 valence electrons. The average molecular weight is 510 g/mol. The second-order valence-corrected chi connectivity index (χ2v) is 8.54. The van der Waals surface area contributed by atoms with Crippen LogP contribution in [-0.2, 0) is 37.0 Å². The van der Waals surface area contributed by atoms with E-state index >= 15 is 0 Å². The molecule has 0 bridgehead atoms. The molecule has 1 aliphatic heterocycles. The summed E-state index contributed by atoms with van der Waals surface area (Å²) in [6.07, 6.45) is 0.550. The van der Waals surface area contributed by atoms with E-state index < -0.39 is 5.92 Å². The van der Waals surface area contributed by atoms with Crippen molar-refractivity contribution in [2.75, 3.05) is 40.1 Å². The van der Waals surface area contributed by atoms with E-state index in [2.05, 4.69) is 11.4 Å². The summed E-state index contributed by atoms with van der Waals surface area (Å²) < 4.78 is 17.9. The fourth-order valence-corrected chi connectivity index (χ4v) is 4.61. The molecule has 0 spiro atoms. The Morgan fingerprint density at radius 1 is 1.14 bits per heavy atom. The van der Waals surface area contributed by atoms with Gasteiger partial charge < -0.3 is 28.9 Å². The minimum Gasteiger partial charge on any atom is -0.380 e. The molecule has 0 saturated heterocycles. The Morgan fingerprint density at radius 3 is 2.62 bits per heavy atom. The zero-order valence-electron chi connectivity index (χ0n) is 21.7. The monoisotopic (exact) mass is 509 g/mol. The maximum Gasteiger partial charge on any atom is 0.257 e. The highest BCUT2D eigenvalue weighted by Crippen LogP contribution is 2.34. The lowest BCUT2D eigenvalue weighted by Crippen LogP contribution is -2.34. The van der Waals surface area contributed by atoms with Gasteiger partial charge in [-0.2, -0.15) is 0 Å². The van der Waals surface area contributed by atoms with E-state index in [0.29, 0.717) is 57.1 Å². The molecular formula is C28H35N3O6. The first-order valence-electron chi connectivity index (χ1n) is 12.5. The molecule has 1 atom stereocenters. The summed E-state index contributed by atoms with van der Waals surface area (Å²) in [6.45, 7) is 8.95. The number of ether oxygens (including phenoxy) is 3. The first-order valence-corrected chi connectivity index (χ1v) is 12.5. The zero-order valence-corrected chi connectivity index (χ0v) is 21.7. The van der Waals surface area contributed by atoms with Crippen LogP contribution in [0.3, 0.4) is 0 Å². The summed E-state index contributed by atoms with van der Waals surface area (Å²) >= 11 is 0. The van der Waals surface area contributed by atoms with Crippen LogP contribution in [-0.4, -0.2) is 62.3 Å². The number of aromatic nitrogens is 2. The molecule has 0 radical (unpaired) electrons. The summed E-state index contributed by atoms with van der Waals surface area (Å²) in [5.41, 5.74) is 4.51. The number of rotatable bonds is 12. The van der Waals surface area contributed by atoms with E-state index in [4.69, 9.17) is 24.0 Å². The second kappa shape index (κ2) is 13.8. The number of hydrogen-bond donors (Lipinski definition) is 1. The van der Waals surface area contributed by atoms with Crippen molar-refractivity contribution in [1.29, 1.82) is 0 Å². The van der Waals surface area contributed by atoms with Crippen molar-refractivity contribution in [3.05, 3.63) is 63.4 Å². The molecule has 0 aliphatic carbocycles. The van der Waals surface area contributed by atoms with Crippen molar-refractivity contribution >= 4 is 23.6 Å². The van der Waals surface area contributed by atoms with Crippen LogP contribution in [0.2, 0.25) is 0 Å². The average Bonchev–Trinajstić information content (AvgIpc) is 3.28. The van der Waals surface area contributed by atoms with E-state index in [1.54, 1.807) is 11.7 Å². The normalized spacial score (nSPS) is 12.4. The highest BCUT2D eigenvalue weighted by Gasteiger charge is 2.29. The van der Waals surface area contributed by atoms with Crippen molar-refractivity contribution in [1.82, 2.24) is 14.9 Å². The Kier molecular flexibility index (Phi) is 10.5. The van der Waals surface area contributed by atoms with Crippen LogP contribution in [0.5, 0.6) is 0 Å². The molecule has 0 fully saturated rings. The first kappa shape index (κ1) is 28.2. The molecule has 3 aromatic rings. The van der Waals surface area contributed by atoms with Crippen LogP contribution >= 0.6 is 0 Å². The van der Waals surface area contributed by atoms with Gasteiger partial charge in [0.15, 0.2) is 0 Å². The topological polar surface area (TPSA) is 109 Å². The molecule has 1 unspecified atom stereocenters. The Labute approximate surface area is 216 Å². The van der Waals surface area contributed by atoms with Gasteiger partial charge in [-0.15, -0.1) is 0 Å². The van der Waals surface area contributed by atoms with Crippen molar-refractivity contribution < 1.29 is 23.8 Å². The maximum atomic E-state index is 13.6. The van der Waals surface area contributed by atoms with Crippen LogP contribution in [0.15, 0.2) is 41.2 Å². The predicted octanol–water partition coefficient (Wildman–Crippen LogP) is 3.05. The molecular weight excluding hydrogens is 474 g/mol. The number of benzene rings is 1.